The van der Waals surface area contributed by atoms with Crippen molar-refractivity contribution in [2.24, 2.45) is 0 Å². The van der Waals surface area contributed by atoms with Gasteiger partial charge in [-0.2, -0.15) is 0 Å². The molecule has 0 saturated carbocycles. The van der Waals surface area contributed by atoms with Crippen molar-refractivity contribution < 1.29 is 18.8 Å². The Morgan fingerprint density at radius 1 is 1.23 bits per heavy atom. The maximum Gasteiger partial charge on any atom is 0.233 e. The molecule has 0 bridgehead atoms. The number of nitrogens with zero attached hydrogens (tertiary/aromatic N) is 1. The van der Waals surface area contributed by atoms with Crippen LogP contribution in [0.2, 0.25) is 0 Å². The fourth-order valence-electron chi connectivity index (χ4n) is 4.55. The van der Waals surface area contributed by atoms with Crippen LogP contribution in [0.1, 0.15) is 47.1 Å². The highest BCUT2D eigenvalue weighted by Gasteiger charge is 2.41. The van der Waals surface area contributed by atoms with Crippen LogP contribution in [-0.2, 0) is 4.79 Å². The van der Waals surface area contributed by atoms with Gasteiger partial charge in [0.1, 0.15) is 11.6 Å². The van der Waals surface area contributed by atoms with E-state index in [2.05, 4.69) is 26.4 Å². The normalized spacial score (nSPS) is 20.6. The minimum absolute atomic E-state index is 0.0309. The largest absolute Gasteiger partial charge is 0.508 e. The minimum atomic E-state index is -0.456. The molecule has 7 heteroatoms. The summed E-state index contributed by atoms with van der Waals surface area (Å²) in [6.45, 7) is 1.82. The molecule has 30 heavy (non-hydrogen) atoms. The lowest BCUT2D eigenvalue weighted by Crippen LogP contribution is -2.29. The topological polar surface area (TPSA) is 75.4 Å². The maximum atomic E-state index is 14.4. The average Bonchev–Trinajstić information content (AvgIpc) is 3.09. The number of carbonyl (C=O) groups excluding carboxylic acids is 1. The van der Waals surface area contributed by atoms with E-state index in [1.54, 1.807) is 18.2 Å². The van der Waals surface area contributed by atoms with Crippen molar-refractivity contribution in [1.82, 2.24) is 5.16 Å². The van der Waals surface area contributed by atoms with Crippen LogP contribution in [0.25, 0.3) is 0 Å². The number of aryl methyl sites for hydroxylation is 1. The Morgan fingerprint density at radius 3 is 2.80 bits per heavy atom. The van der Waals surface area contributed by atoms with Crippen LogP contribution < -0.4 is 5.32 Å². The van der Waals surface area contributed by atoms with Crippen molar-refractivity contribution in [3.8, 4) is 5.75 Å². The van der Waals surface area contributed by atoms with Gasteiger partial charge >= 0.3 is 0 Å². The molecule has 3 aromatic rings. The van der Waals surface area contributed by atoms with Crippen molar-refractivity contribution in [2.75, 3.05) is 5.32 Å². The van der Waals surface area contributed by atoms with Crippen molar-refractivity contribution in [3.63, 3.8) is 0 Å². The summed E-state index contributed by atoms with van der Waals surface area (Å²) in [6, 6.07) is 12.0. The van der Waals surface area contributed by atoms with E-state index in [-0.39, 0.29) is 29.7 Å². The van der Waals surface area contributed by atoms with E-state index in [9.17, 15) is 14.3 Å². The molecule has 0 spiro atoms. The van der Waals surface area contributed by atoms with Crippen LogP contribution in [0.3, 0.4) is 0 Å². The van der Waals surface area contributed by atoms with Crippen LogP contribution in [0, 0.1) is 12.7 Å². The van der Waals surface area contributed by atoms with Crippen LogP contribution in [0.4, 0.5) is 10.3 Å². The molecule has 0 saturated heterocycles. The van der Waals surface area contributed by atoms with Crippen molar-refractivity contribution in [2.45, 2.75) is 31.6 Å². The van der Waals surface area contributed by atoms with Gasteiger partial charge in [0.05, 0.1) is 15.7 Å². The lowest BCUT2D eigenvalue weighted by atomic mass is 9.72. The molecule has 2 aliphatic rings. The summed E-state index contributed by atoms with van der Waals surface area (Å²) < 4.78 is 20.2. The molecule has 2 atom stereocenters. The molecule has 5 nitrogen and oxygen atoms in total. The number of allylic oxidation sites excluding steroid dienone is 2. The van der Waals surface area contributed by atoms with Gasteiger partial charge in [-0.05, 0) is 58.6 Å². The van der Waals surface area contributed by atoms with Crippen LogP contribution in [-0.4, -0.2) is 16.0 Å². The first kappa shape index (κ1) is 19.1. The highest BCUT2D eigenvalue weighted by molar-refractivity contribution is 9.10. The Morgan fingerprint density at radius 2 is 2.03 bits per heavy atom. The molecule has 0 radical (unpaired) electrons. The molecule has 1 aromatic heterocycles. The summed E-state index contributed by atoms with van der Waals surface area (Å²) in [5.41, 5.74) is 4.17. The van der Waals surface area contributed by atoms with E-state index >= 15 is 0 Å². The Labute approximate surface area is 180 Å². The van der Waals surface area contributed by atoms with Gasteiger partial charge < -0.3 is 14.9 Å². The first-order valence-corrected chi connectivity index (χ1v) is 10.5. The zero-order valence-corrected chi connectivity index (χ0v) is 17.7. The smallest absolute Gasteiger partial charge is 0.233 e. The molecule has 2 N–H and O–H groups in total. The van der Waals surface area contributed by atoms with Crippen molar-refractivity contribution >= 4 is 27.6 Å². The SMILES string of the molecule is Cc1noc2c1[C@@H](c1ccc(Br)c(F)c1)C1=C(C[C@@H](c3ccccc3O)CC1=O)N2. The molecule has 1 aliphatic heterocycles. The first-order valence-electron chi connectivity index (χ1n) is 9.66. The second kappa shape index (κ2) is 7.09. The number of hydrogen-bond donors (Lipinski definition) is 2. The highest BCUT2D eigenvalue weighted by atomic mass is 79.9. The molecule has 0 amide bonds. The Kier molecular flexibility index (Phi) is 4.50. The molecule has 2 aromatic carbocycles. The summed E-state index contributed by atoms with van der Waals surface area (Å²) in [7, 11) is 0. The zero-order valence-electron chi connectivity index (χ0n) is 16.1. The van der Waals surface area contributed by atoms with Crippen molar-refractivity contribution in [1.29, 1.82) is 0 Å². The molecular formula is C23H18BrFN2O3. The van der Waals surface area contributed by atoms with E-state index in [1.165, 1.54) is 6.07 Å². The molecule has 0 fully saturated rings. The van der Waals surface area contributed by atoms with Crippen LogP contribution >= 0.6 is 15.9 Å². The standard InChI is InChI=1S/C23H18BrFN2O3/c1-11-20-21(12-6-7-15(24)16(25)8-12)22-17(26-23(20)30-27-11)9-13(10-19(22)29)14-4-2-3-5-18(14)28/h2-8,13,21,26,28H,9-10H2,1H3/t13-,21-/m1/s1. The minimum Gasteiger partial charge on any atom is -0.508 e. The fraction of sp³-hybridized carbons (Fsp3) is 0.217. The van der Waals surface area contributed by atoms with E-state index in [0.717, 1.165) is 16.8 Å². The third kappa shape index (κ3) is 2.96. The lowest BCUT2D eigenvalue weighted by molar-refractivity contribution is -0.116. The summed E-state index contributed by atoms with van der Waals surface area (Å²) in [5, 5.41) is 17.6. The lowest BCUT2D eigenvalue weighted by Gasteiger charge is -2.34. The predicted octanol–water partition coefficient (Wildman–Crippen LogP) is 5.55. The second-order valence-corrected chi connectivity index (χ2v) is 8.58. The van der Waals surface area contributed by atoms with E-state index in [1.807, 2.05) is 25.1 Å². The molecule has 1 aliphatic carbocycles. The number of phenolic OH excluding ortho intramolecular Hbond substituents is 1. The van der Waals surface area contributed by atoms with Gasteiger partial charge in [-0.15, -0.1) is 0 Å². The first-order chi connectivity index (χ1) is 14.4. The number of Topliss-reactive ketones (excluding diaryl/α,β-unsaturated/α-hetero) is 1. The Bertz CT molecular complexity index is 1220. The number of nitrogens with one attached hydrogen (secondary N) is 1. The summed E-state index contributed by atoms with van der Waals surface area (Å²) in [4.78, 5) is 13.4. The number of carbonyl (C=O) groups is 1. The number of hydrogen-bond acceptors (Lipinski definition) is 5. The molecule has 0 unspecified atom stereocenters. The number of fused-ring (bicyclic) bond motifs is 1. The van der Waals surface area contributed by atoms with Gasteiger partial charge in [-0.25, -0.2) is 4.39 Å². The quantitative estimate of drug-likeness (QED) is 0.515. The molecular weight excluding hydrogens is 451 g/mol. The number of aromatic nitrogens is 1. The van der Waals surface area contributed by atoms with E-state index in [0.29, 0.717) is 33.6 Å². The van der Waals surface area contributed by atoms with Gasteiger partial charge in [0.15, 0.2) is 5.78 Å². The van der Waals surface area contributed by atoms with Gasteiger partial charge in [0, 0.05) is 29.5 Å². The second-order valence-electron chi connectivity index (χ2n) is 7.72. The number of aromatic hydroxyl groups is 1. The van der Waals surface area contributed by atoms with E-state index in [4.69, 9.17) is 4.52 Å². The zero-order chi connectivity index (χ0) is 21.0. The Balaban J connectivity index is 1.64. The van der Waals surface area contributed by atoms with Crippen molar-refractivity contribution in [3.05, 3.63) is 86.4 Å². The third-order valence-electron chi connectivity index (χ3n) is 5.91. The molecule has 2 heterocycles. The van der Waals surface area contributed by atoms with Gasteiger partial charge in [0.25, 0.3) is 0 Å². The van der Waals surface area contributed by atoms with Crippen LogP contribution in [0.15, 0.2) is 62.7 Å². The average molecular weight is 469 g/mol. The van der Waals surface area contributed by atoms with Gasteiger partial charge in [-0.3, -0.25) is 4.79 Å². The number of rotatable bonds is 2. The van der Waals surface area contributed by atoms with E-state index < -0.39 is 5.92 Å². The number of para-hydroxylation sites is 1. The van der Waals surface area contributed by atoms with Gasteiger partial charge in [0.2, 0.25) is 5.88 Å². The predicted molar refractivity (Wildman–Crippen MR) is 113 cm³/mol. The molecule has 5 rings (SSSR count). The number of halogens is 2. The summed E-state index contributed by atoms with van der Waals surface area (Å²) in [6.07, 6.45) is 0.806. The molecule has 152 valence electrons. The maximum absolute atomic E-state index is 14.4. The number of ketones is 1. The van der Waals surface area contributed by atoms with Gasteiger partial charge in [-0.1, -0.05) is 29.4 Å². The van der Waals surface area contributed by atoms with Crippen LogP contribution in [0.5, 0.6) is 5.75 Å². The fourth-order valence-corrected chi connectivity index (χ4v) is 4.80. The monoisotopic (exact) mass is 468 g/mol. The number of anilines is 1. The highest BCUT2D eigenvalue weighted by Crippen LogP contribution is 2.49. The Hall–Kier alpha value is -2.93. The number of benzene rings is 2. The third-order valence-corrected chi connectivity index (χ3v) is 6.55. The summed E-state index contributed by atoms with van der Waals surface area (Å²) in [5.74, 6) is -0.375. The number of phenols is 1. The summed E-state index contributed by atoms with van der Waals surface area (Å²) >= 11 is 3.19.